The number of hydrogen-bond acceptors (Lipinski definition) is 4. The van der Waals surface area contributed by atoms with Gasteiger partial charge in [0, 0.05) is 23.9 Å². The molecular weight excluding hydrogens is 284 g/mol. The Balaban J connectivity index is 2.24. The first-order valence-electron chi connectivity index (χ1n) is 7.25. The first-order chi connectivity index (χ1) is 9.99. The van der Waals surface area contributed by atoms with Crippen LogP contribution in [0.3, 0.4) is 0 Å². The molecule has 2 rings (SSSR count). The minimum atomic E-state index is -2.95. The Morgan fingerprint density at radius 2 is 2.10 bits per heavy atom. The second-order valence-corrected chi connectivity index (χ2v) is 7.64. The Bertz CT molecular complexity index is 698. The van der Waals surface area contributed by atoms with Gasteiger partial charge < -0.3 is 5.32 Å². The van der Waals surface area contributed by atoms with E-state index in [2.05, 4.69) is 23.3 Å². The summed E-state index contributed by atoms with van der Waals surface area (Å²) in [5.41, 5.74) is 2.08. The van der Waals surface area contributed by atoms with Crippen molar-refractivity contribution >= 4 is 20.7 Å². The van der Waals surface area contributed by atoms with E-state index < -0.39 is 9.84 Å². The molecule has 5 heteroatoms. The first-order valence-corrected chi connectivity index (χ1v) is 9.31. The minimum Gasteiger partial charge on any atom is -0.310 e. The number of nitrogens with one attached hydrogen (secondary N) is 1. The summed E-state index contributed by atoms with van der Waals surface area (Å²) in [7, 11) is -2.95. The van der Waals surface area contributed by atoms with E-state index in [4.69, 9.17) is 0 Å². The van der Waals surface area contributed by atoms with E-state index in [1.54, 1.807) is 6.20 Å². The number of aromatic nitrogens is 1. The molecule has 0 aliphatic heterocycles. The molecule has 1 heterocycles. The van der Waals surface area contributed by atoms with Gasteiger partial charge in [-0.25, -0.2) is 8.42 Å². The second kappa shape index (κ2) is 7.00. The van der Waals surface area contributed by atoms with Crippen molar-refractivity contribution in [1.29, 1.82) is 0 Å². The van der Waals surface area contributed by atoms with Crippen LogP contribution in [0.4, 0.5) is 0 Å². The molecule has 4 nitrogen and oxygen atoms in total. The zero-order valence-electron chi connectivity index (χ0n) is 12.5. The van der Waals surface area contributed by atoms with E-state index >= 15 is 0 Å². The third-order valence-corrected chi connectivity index (χ3v) is 4.42. The van der Waals surface area contributed by atoms with E-state index in [-0.39, 0.29) is 11.8 Å². The first kappa shape index (κ1) is 15.9. The normalized spacial score (nSPS) is 13.4. The number of benzene rings is 1. The van der Waals surface area contributed by atoms with E-state index in [1.807, 2.05) is 24.3 Å². The van der Waals surface area contributed by atoms with Crippen molar-refractivity contribution in [1.82, 2.24) is 10.3 Å². The molecule has 0 amide bonds. The van der Waals surface area contributed by atoms with Gasteiger partial charge in [0.1, 0.15) is 9.84 Å². The molecule has 0 radical (unpaired) electrons. The van der Waals surface area contributed by atoms with Crippen LogP contribution < -0.4 is 5.32 Å². The highest BCUT2D eigenvalue weighted by atomic mass is 32.2. The Hall–Kier alpha value is -1.46. The van der Waals surface area contributed by atoms with Gasteiger partial charge in [0.2, 0.25) is 0 Å². The Labute approximate surface area is 126 Å². The third-order valence-electron chi connectivity index (χ3n) is 3.45. The molecule has 0 saturated heterocycles. The van der Waals surface area contributed by atoms with Crippen LogP contribution in [0.25, 0.3) is 10.9 Å². The number of fused-ring (bicyclic) bond motifs is 1. The Morgan fingerprint density at radius 3 is 2.81 bits per heavy atom. The number of sulfone groups is 1. The highest BCUT2D eigenvalue weighted by molar-refractivity contribution is 7.90. The van der Waals surface area contributed by atoms with Crippen LogP contribution in [0.2, 0.25) is 0 Å². The van der Waals surface area contributed by atoms with Gasteiger partial charge in [-0.3, -0.25) is 4.98 Å². The zero-order chi connectivity index (χ0) is 15.3. The molecule has 114 valence electrons. The molecule has 0 bridgehead atoms. The predicted molar refractivity (Wildman–Crippen MR) is 87.1 cm³/mol. The monoisotopic (exact) mass is 306 g/mol. The molecule has 1 N–H and O–H groups in total. The number of hydrogen-bond donors (Lipinski definition) is 1. The largest absolute Gasteiger partial charge is 0.310 e. The van der Waals surface area contributed by atoms with Gasteiger partial charge in [0.25, 0.3) is 0 Å². The molecule has 0 fully saturated rings. The van der Waals surface area contributed by atoms with Crippen molar-refractivity contribution in [3.05, 3.63) is 42.1 Å². The number of pyridine rings is 1. The maximum atomic E-state index is 11.4. The van der Waals surface area contributed by atoms with Gasteiger partial charge in [-0.2, -0.15) is 0 Å². The third kappa shape index (κ3) is 4.79. The summed E-state index contributed by atoms with van der Waals surface area (Å²) in [6, 6.07) is 10.1. The van der Waals surface area contributed by atoms with Gasteiger partial charge in [0.15, 0.2) is 0 Å². The minimum absolute atomic E-state index is 0.0595. The van der Waals surface area contributed by atoms with Crippen LogP contribution in [0.5, 0.6) is 0 Å². The van der Waals surface area contributed by atoms with Crippen molar-refractivity contribution in [3.8, 4) is 0 Å². The summed E-state index contributed by atoms with van der Waals surface area (Å²) in [6.45, 7) is 2.98. The Kier molecular flexibility index (Phi) is 5.31. The molecule has 1 aromatic carbocycles. The number of nitrogens with zero attached hydrogens (tertiary/aromatic N) is 1. The molecule has 0 aliphatic carbocycles. The van der Waals surface area contributed by atoms with E-state index in [9.17, 15) is 8.42 Å². The van der Waals surface area contributed by atoms with Gasteiger partial charge >= 0.3 is 0 Å². The standard InChI is InChI=1S/C16H22N2O2S/c1-3-9-17-16(8-11-21(2,19)20)14-6-7-15-13(12-14)5-4-10-18-15/h4-7,10,12,16-17H,3,8-9,11H2,1-2H3. The predicted octanol–water partition coefficient (Wildman–Crippen LogP) is 2.71. The fourth-order valence-electron chi connectivity index (χ4n) is 2.35. The summed E-state index contributed by atoms with van der Waals surface area (Å²) in [5.74, 6) is 0.194. The molecule has 1 atom stereocenters. The van der Waals surface area contributed by atoms with Crippen LogP contribution in [0.1, 0.15) is 31.4 Å². The average Bonchev–Trinajstić information content (AvgIpc) is 2.46. The lowest BCUT2D eigenvalue weighted by Gasteiger charge is -2.19. The maximum absolute atomic E-state index is 11.4. The molecule has 1 aromatic heterocycles. The van der Waals surface area contributed by atoms with Crippen molar-refractivity contribution in [3.63, 3.8) is 0 Å². The van der Waals surface area contributed by atoms with Gasteiger partial charge in [-0.05, 0) is 43.1 Å². The highest BCUT2D eigenvalue weighted by Gasteiger charge is 2.14. The molecule has 0 spiro atoms. The summed E-state index contributed by atoms with van der Waals surface area (Å²) < 4.78 is 22.8. The maximum Gasteiger partial charge on any atom is 0.147 e. The summed E-state index contributed by atoms with van der Waals surface area (Å²) in [5, 5.41) is 4.52. The molecule has 0 saturated carbocycles. The van der Waals surface area contributed by atoms with Crippen molar-refractivity contribution in [2.75, 3.05) is 18.6 Å². The lowest BCUT2D eigenvalue weighted by atomic mass is 10.0. The van der Waals surface area contributed by atoms with Gasteiger partial charge in [-0.15, -0.1) is 0 Å². The molecule has 2 aromatic rings. The van der Waals surface area contributed by atoms with Crippen molar-refractivity contribution in [2.45, 2.75) is 25.8 Å². The van der Waals surface area contributed by atoms with E-state index in [1.165, 1.54) is 6.26 Å². The molecule has 21 heavy (non-hydrogen) atoms. The summed E-state index contributed by atoms with van der Waals surface area (Å²) in [4.78, 5) is 4.31. The Morgan fingerprint density at radius 1 is 1.29 bits per heavy atom. The van der Waals surface area contributed by atoms with Crippen LogP contribution in [0, 0.1) is 0 Å². The van der Waals surface area contributed by atoms with Crippen LogP contribution in [0.15, 0.2) is 36.5 Å². The van der Waals surface area contributed by atoms with Gasteiger partial charge in [0.05, 0.1) is 11.3 Å². The molecule has 0 aliphatic rings. The fraction of sp³-hybridized carbons (Fsp3) is 0.438. The van der Waals surface area contributed by atoms with Crippen molar-refractivity contribution < 1.29 is 8.42 Å². The lowest BCUT2D eigenvalue weighted by Crippen LogP contribution is -2.24. The van der Waals surface area contributed by atoms with E-state index in [0.717, 1.165) is 29.4 Å². The zero-order valence-corrected chi connectivity index (χ0v) is 13.4. The average molecular weight is 306 g/mol. The van der Waals surface area contributed by atoms with Crippen LogP contribution in [-0.2, 0) is 9.84 Å². The lowest BCUT2D eigenvalue weighted by molar-refractivity contribution is 0.514. The number of rotatable bonds is 7. The quantitative estimate of drug-likeness (QED) is 0.854. The fourth-order valence-corrected chi connectivity index (χ4v) is 3.01. The smallest absolute Gasteiger partial charge is 0.147 e. The topological polar surface area (TPSA) is 59.1 Å². The van der Waals surface area contributed by atoms with Crippen LogP contribution in [-0.4, -0.2) is 32.0 Å². The highest BCUT2D eigenvalue weighted by Crippen LogP contribution is 2.22. The molecular formula is C16H22N2O2S. The van der Waals surface area contributed by atoms with E-state index in [0.29, 0.717) is 6.42 Å². The SMILES string of the molecule is CCCNC(CCS(C)(=O)=O)c1ccc2ncccc2c1. The van der Waals surface area contributed by atoms with Gasteiger partial charge in [-0.1, -0.05) is 19.1 Å². The second-order valence-electron chi connectivity index (χ2n) is 5.38. The summed E-state index contributed by atoms with van der Waals surface area (Å²) in [6.07, 6.45) is 4.67. The van der Waals surface area contributed by atoms with Crippen molar-refractivity contribution in [2.24, 2.45) is 0 Å². The van der Waals surface area contributed by atoms with Crippen LogP contribution >= 0.6 is 0 Å². The molecule has 1 unspecified atom stereocenters. The summed E-state index contributed by atoms with van der Waals surface area (Å²) >= 11 is 0.